The summed E-state index contributed by atoms with van der Waals surface area (Å²) in [5.74, 6) is 4.04. The fraction of sp³-hybridized carbons (Fsp3) is 0.160. The Kier molecular flexibility index (Phi) is 8.43. The van der Waals surface area contributed by atoms with Gasteiger partial charge >= 0.3 is 12.1 Å². The van der Waals surface area contributed by atoms with E-state index < -0.39 is 12.1 Å². The van der Waals surface area contributed by atoms with Crippen LogP contribution >= 0.6 is 0 Å². The van der Waals surface area contributed by atoms with Gasteiger partial charge in [0.15, 0.2) is 0 Å². The van der Waals surface area contributed by atoms with Crippen LogP contribution in [0, 0.1) is 11.8 Å². The van der Waals surface area contributed by atoms with Gasteiger partial charge in [0.05, 0.1) is 6.20 Å². The Labute approximate surface area is 198 Å². The van der Waals surface area contributed by atoms with E-state index in [1.807, 2.05) is 36.5 Å². The van der Waals surface area contributed by atoms with E-state index in [4.69, 9.17) is 20.4 Å². The number of aliphatic carboxylic acids is 1. The van der Waals surface area contributed by atoms with Crippen LogP contribution in [0.25, 0.3) is 10.9 Å². The smallest absolute Gasteiger partial charge is 0.490 e. The largest absolute Gasteiger partial charge is 0.490 e. The normalized spacial score (nSPS) is 11.5. The highest BCUT2D eigenvalue weighted by atomic mass is 19.4. The van der Waals surface area contributed by atoms with Crippen LogP contribution in [0.2, 0.25) is 0 Å². The van der Waals surface area contributed by atoms with Crippen molar-refractivity contribution in [3.63, 3.8) is 0 Å². The second-order valence-corrected chi connectivity index (χ2v) is 7.34. The highest BCUT2D eigenvalue weighted by molar-refractivity contribution is 5.83. The summed E-state index contributed by atoms with van der Waals surface area (Å²) in [4.78, 5) is 20.4. The Hall–Kier alpha value is -4.36. The van der Waals surface area contributed by atoms with Crippen molar-refractivity contribution < 1.29 is 27.8 Å². The molecular weight excluding hydrogens is 461 g/mol. The summed E-state index contributed by atoms with van der Waals surface area (Å²) in [6.07, 6.45) is 4.50. The fourth-order valence-corrected chi connectivity index (χ4v) is 2.99. The lowest BCUT2D eigenvalue weighted by Crippen LogP contribution is -2.30. The number of nitrogens with one attached hydrogen (secondary N) is 1. The lowest BCUT2D eigenvalue weighted by atomic mass is 10.1. The van der Waals surface area contributed by atoms with Crippen LogP contribution in [0.3, 0.4) is 0 Å². The first-order valence-corrected chi connectivity index (χ1v) is 10.3. The molecule has 1 aromatic carbocycles. The summed E-state index contributed by atoms with van der Waals surface area (Å²) in [5.41, 5.74) is 10.2. The first-order valence-electron chi connectivity index (χ1n) is 10.3. The molecule has 4 N–H and O–H groups in total. The van der Waals surface area contributed by atoms with Crippen molar-refractivity contribution in [1.29, 1.82) is 0 Å². The summed E-state index contributed by atoms with van der Waals surface area (Å²) >= 11 is 0. The second-order valence-electron chi connectivity index (χ2n) is 7.34. The number of nitrogens with zero attached hydrogens (tertiary/aromatic N) is 2. The number of para-hydroxylation sites is 1. The molecule has 0 fully saturated rings. The Bertz CT molecular complexity index is 1330. The summed E-state index contributed by atoms with van der Waals surface area (Å²) in [7, 11) is 0. The van der Waals surface area contributed by atoms with Crippen molar-refractivity contribution in [2.45, 2.75) is 18.6 Å². The van der Waals surface area contributed by atoms with E-state index in [-0.39, 0.29) is 6.04 Å². The minimum atomic E-state index is -5.08. The van der Waals surface area contributed by atoms with Gasteiger partial charge in [-0.2, -0.15) is 13.2 Å². The van der Waals surface area contributed by atoms with Crippen molar-refractivity contribution in [3.05, 3.63) is 90.1 Å². The van der Waals surface area contributed by atoms with Crippen LogP contribution in [-0.4, -0.2) is 44.9 Å². The van der Waals surface area contributed by atoms with Gasteiger partial charge in [-0.15, -0.1) is 0 Å². The minimum Gasteiger partial charge on any atom is -0.490 e. The number of carbonyl (C=O) groups is 1. The Morgan fingerprint density at radius 2 is 1.80 bits per heavy atom. The molecule has 0 spiro atoms. The quantitative estimate of drug-likeness (QED) is 0.372. The third kappa shape index (κ3) is 7.87. The van der Waals surface area contributed by atoms with Gasteiger partial charge in [0.1, 0.15) is 12.4 Å². The van der Waals surface area contributed by atoms with Crippen molar-refractivity contribution in [2.75, 3.05) is 6.61 Å². The summed E-state index contributed by atoms with van der Waals surface area (Å²) in [5, 5.41) is 8.33. The molecule has 0 aliphatic carbocycles. The molecule has 3 heterocycles. The zero-order valence-electron chi connectivity index (χ0n) is 18.3. The minimum absolute atomic E-state index is 0.121. The summed E-state index contributed by atoms with van der Waals surface area (Å²) < 4.78 is 37.6. The maximum Gasteiger partial charge on any atom is 0.490 e. The van der Waals surface area contributed by atoms with E-state index in [0.29, 0.717) is 12.4 Å². The first kappa shape index (κ1) is 25.3. The van der Waals surface area contributed by atoms with E-state index in [1.165, 1.54) is 10.9 Å². The number of alkyl halides is 3. The van der Waals surface area contributed by atoms with E-state index in [1.54, 1.807) is 24.8 Å². The molecule has 0 saturated heterocycles. The Balaban J connectivity index is 0.000000429. The number of benzene rings is 1. The van der Waals surface area contributed by atoms with Gasteiger partial charge in [-0.1, -0.05) is 30.0 Å². The summed E-state index contributed by atoms with van der Waals surface area (Å²) in [6.45, 7) is 0.403. The fourth-order valence-electron chi connectivity index (χ4n) is 2.99. The molecule has 0 aliphatic rings. The van der Waals surface area contributed by atoms with Crippen LogP contribution in [0.5, 0.6) is 5.75 Å². The number of aromatic nitrogens is 3. The third-order valence-corrected chi connectivity index (χ3v) is 4.59. The van der Waals surface area contributed by atoms with Gasteiger partial charge in [-0.05, 0) is 36.2 Å². The molecule has 4 aromatic rings. The maximum absolute atomic E-state index is 10.6. The van der Waals surface area contributed by atoms with Crippen LogP contribution in [-0.2, 0) is 11.2 Å². The number of nitrogens with two attached hydrogens (primary N) is 1. The van der Waals surface area contributed by atoms with E-state index in [0.717, 1.165) is 23.1 Å². The topological polar surface area (TPSA) is 114 Å². The number of hydrogen-bond acceptors (Lipinski definition) is 5. The number of H-pyrrole nitrogens is 1. The SMILES string of the molecule is N[C@H](COc1cncc(C#Cc2cccnc2)c1)Cc1c[nH]c2ccccc12.O=C(O)C(F)(F)F. The summed E-state index contributed by atoms with van der Waals surface area (Å²) in [6, 6.07) is 13.7. The number of halogens is 3. The molecule has 4 rings (SSSR count). The molecule has 0 unspecified atom stereocenters. The van der Waals surface area contributed by atoms with Crippen LogP contribution < -0.4 is 10.5 Å². The molecule has 10 heteroatoms. The molecule has 180 valence electrons. The molecule has 0 aliphatic heterocycles. The highest BCUT2D eigenvalue weighted by Gasteiger charge is 2.38. The second kappa shape index (κ2) is 11.7. The zero-order valence-corrected chi connectivity index (χ0v) is 18.3. The third-order valence-electron chi connectivity index (χ3n) is 4.59. The molecule has 0 radical (unpaired) electrons. The molecule has 0 bridgehead atoms. The van der Waals surface area contributed by atoms with Gasteiger partial charge in [0, 0.05) is 52.9 Å². The van der Waals surface area contributed by atoms with Crippen molar-refractivity contribution in [2.24, 2.45) is 5.73 Å². The monoisotopic (exact) mass is 482 g/mol. The van der Waals surface area contributed by atoms with Gasteiger partial charge < -0.3 is 20.6 Å². The lowest BCUT2D eigenvalue weighted by Gasteiger charge is -2.13. The Morgan fingerprint density at radius 1 is 1.09 bits per heavy atom. The number of hydrogen-bond donors (Lipinski definition) is 3. The van der Waals surface area contributed by atoms with Crippen molar-refractivity contribution in [1.82, 2.24) is 15.0 Å². The van der Waals surface area contributed by atoms with Gasteiger partial charge in [0.25, 0.3) is 0 Å². The number of pyridine rings is 2. The first-order chi connectivity index (χ1) is 16.7. The van der Waals surface area contributed by atoms with E-state index in [9.17, 15) is 13.2 Å². The number of carboxylic acids is 1. The van der Waals surface area contributed by atoms with E-state index in [2.05, 4.69) is 38.9 Å². The van der Waals surface area contributed by atoms with Gasteiger partial charge in [-0.3, -0.25) is 9.97 Å². The van der Waals surface area contributed by atoms with Crippen LogP contribution in [0.1, 0.15) is 16.7 Å². The highest BCUT2D eigenvalue weighted by Crippen LogP contribution is 2.19. The molecule has 0 saturated carbocycles. The zero-order chi connectivity index (χ0) is 25.3. The number of rotatable bonds is 5. The molecule has 3 aromatic heterocycles. The predicted octanol–water partition coefficient (Wildman–Crippen LogP) is 3.94. The number of ether oxygens (including phenoxy) is 1. The van der Waals surface area contributed by atoms with Crippen molar-refractivity contribution >= 4 is 16.9 Å². The standard InChI is InChI=1S/C23H20N4O.C2HF3O2/c24-20(11-19-14-27-23-6-2-1-5-22(19)23)16-28-21-10-18(13-26-15-21)8-7-17-4-3-9-25-12-17;3-2(4,5)1(6)7/h1-6,9-10,12-15,20,27H,11,16,24H2;(H,6,7)/t20-;/m0./s1. The average Bonchev–Trinajstić information content (AvgIpc) is 3.25. The molecule has 0 amide bonds. The molecule has 1 atom stereocenters. The number of carboxylic acid groups (broad SMARTS) is 1. The van der Waals surface area contributed by atoms with Gasteiger partial charge in [-0.25, -0.2) is 4.79 Å². The predicted molar refractivity (Wildman–Crippen MR) is 124 cm³/mol. The van der Waals surface area contributed by atoms with Crippen molar-refractivity contribution in [3.8, 4) is 17.6 Å². The number of fused-ring (bicyclic) bond motifs is 1. The maximum atomic E-state index is 10.6. The Morgan fingerprint density at radius 3 is 2.51 bits per heavy atom. The molecule has 7 nitrogen and oxygen atoms in total. The average molecular weight is 482 g/mol. The van der Waals surface area contributed by atoms with Gasteiger partial charge in [0.2, 0.25) is 0 Å². The lowest BCUT2D eigenvalue weighted by molar-refractivity contribution is -0.192. The molecule has 35 heavy (non-hydrogen) atoms. The van der Waals surface area contributed by atoms with Crippen LogP contribution in [0.15, 0.2) is 73.4 Å². The number of aromatic amines is 1. The van der Waals surface area contributed by atoms with Crippen LogP contribution in [0.4, 0.5) is 13.2 Å². The van der Waals surface area contributed by atoms with E-state index >= 15 is 0 Å². The molecular formula is C25H21F3N4O3.